The molecule has 0 fully saturated rings. The number of methoxy groups -OCH3 is 1. The van der Waals surface area contributed by atoms with Gasteiger partial charge in [0.15, 0.2) is 6.17 Å². The lowest BCUT2D eigenvalue weighted by molar-refractivity contribution is 0.221. The lowest BCUT2D eigenvalue weighted by atomic mass is 9.84. The van der Waals surface area contributed by atoms with Crippen molar-refractivity contribution < 1.29 is 17.9 Å². The van der Waals surface area contributed by atoms with Crippen molar-refractivity contribution in [3.8, 4) is 11.5 Å². The van der Waals surface area contributed by atoms with Crippen LogP contribution in [0.15, 0.2) is 12.1 Å². The van der Waals surface area contributed by atoms with Crippen molar-refractivity contribution in [1.29, 1.82) is 0 Å². The van der Waals surface area contributed by atoms with Crippen LogP contribution in [0.4, 0.5) is 8.78 Å². The van der Waals surface area contributed by atoms with Gasteiger partial charge in [-0.1, -0.05) is 20.8 Å². The van der Waals surface area contributed by atoms with Crippen LogP contribution in [0.25, 0.3) is 0 Å². The molecule has 1 rings (SSSR count). The highest BCUT2D eigenvalue weighted by Crippen LogP contribution is 2.50. The number of ether oxygens (including phenoxy) is 1. The van der Waals surface area contributed by atoms with E-state index in [0.29, 0.717) is 11.5 Å². The van der Waals surface area contributed by atoms with Crippen molar-refractivity contribution in [2.75, 3.05) is 7.11 Å². The molecule has 7 heteroatoms. The molecule has 1 aromatic carbocycles. The second-order valence-electron chi connectivity index (χ2n) is 6.23. The van der Waals surface area contributed by atoms with Gasteiger partial charge in [0.1, 0.15) is 11.5 Å². The van der Waals surface area contributed by atoms with Gasteiger partial charge in [-0.05, 0) is 62.5 Å². The minimum Gasteiger partial charge on any atom is -0.542 e. The molecule has 0 aliphatic heterocycles. The molecular formula is C15H21Br2F2O2Si. The van der Waals surface area contributed by atoms with Crippen LogP contribution in [0.2, 0.25) is 13.1 Å². The van der Waals surface area contributed by atoms with Crippen LogP contribution >= 0.6 is 31.9 Å². The molecule has 0 saturated heterocycles. The Hall–Kier alpha value is -0.143. The van der Waals surface area contributed by atoms with Crippen LogP contribution in [0.3, 0.4) is 0 Å². The molecule has 1 atom stereocenters. The molecule has 0 aromatic heterocycles. The summed E-state index contributed by atoms with van der Waals surface area (Å²) in [5.41, 5.74) is 0.560. The van der Waals surface area contributed by atoms with Gasteiger partial charge < -0.3 is 9.16 Å². The van der Waals surface area contributed by atoms with E-state index in [9.17, 15) is 8.78 Å². The summed E-state index contributed by atoms with van der Waals surface area (Å²) in [6, 6.07) is 3.16. The first-order valence-electron chi connectivity index (χ1n) is 6.79. The second-order valence-corrected chi connectivity index (χ2v) is 11.6. The third kappa shape index (κ3) is 4.68. The normalized spacial score (nSPS) is 14.1. The first kappa shape index (κ1) is 19.9. The zero-order valence-electron chi connectivity index (χ0n) is 13.6. The number of benzene rings is 1. The van der Waals surface area contributed by atoms with Crippen molar-refractivity contribution in [1.82, 2.24) is 0 Å². The minimum atomic E-state index is -2.35. The molecule has 1 aromatic rings. The standard InChI is InChI=1S/C15H21Br2F2O2Si/c1-14(2,3)11-10(20-4)8-7-9(12(11)21-22(5)6)13(18)15(16,17)19/h7-8,13H,1-6H3. The molecule has 0 saturated carbocycles. The van der Waals surface area contributed by atoms with Crippen LogP contribution in [0.1, 0.15) is 38.1 Å². The van der Waals surface area contributed by atoms with Gasteiger partial charge in [0.2, 0.25) is 0 Å². The third-order valence-corrected chi connectivity index (χ3v) is 4.40. The molecule has 2 nitrogen and oxygen atoms in total. The predicted molar refractivity (Wildman–Crippen MR) is 95.3 cm³/mol. The van der Waals surface area contributed by atoms with E-state index in [1.54, 1.807) is 13.2 Å². The zero-order valence-corrected chi connectivity index (χ0v) is 17.7. The Morgan fingerprint density at radius 1 is 1.18 bits per heavy atom. The van der Waals surface area contributed by atoms with E-state index in [1.807, 2.05) is 33.9 Å². The molecule has 0 aliphatic rings. The summed E-state index contributed by atoms with van der Waals surface area (Å²) in [6.07, 6.45) is -1.92. The maximum atomic E-state index is 14.6. The van der Waals surface area contributed by atoms with E-state index in [4.69, 9.17) is 9.16 Å². The van der Waals surface area contributed by atoms with Crippen molar-refractivity contribution >= 4 is 40.9 Å². The maximum absolute atomic E-state index is 14.6. The van der Waals surface area contributed by atoms with E-state index >= 15 is 0 Å². The van der Waals surface area contributed by atoms with Gasteiger partial charge in [-0.3, -0.25) is 0 Å². The van der Waals surface area contributed by atoms with E-state index in [-0.39, 0.29) is 11.0 Å². The smallest absolute Gasteiger partial charge is 0.274 e. The Kier molecular flexibility index (Phi) is 6.49. The van der Waals surface area contributed by atoms with Gasteiger partial charge >= 0.3 is 0 Å². The fourth-order valence-electron chi connectivity index (χ4n) is 2.15. The monoisotopic (exact) mass is 457 g/mol. The van der Waals surface area contributed by atoms with Gasteiger partial charge in [-0.2, -0.15) is 0 Å². The Morgan fingerprint density at radius 3 is 2.09 bits per heavy atom. The molecule has 1 radical (unpaired) electrons. The van der Waals surface area contributed by atoms with Crippen molar-refractivity contribution in [3.05, 3.63) is 23.3 Å². The highest BCUT2D eigenvalue weighted by Gasteiger charge is 2.39. The van der Waals surface area contributed by atoms with Gasteiger partial charge in [-0.25, -0.2) is 8.78 Å². The van der Waals surface area contributed by atoms with Crippen LogP contribution < -0.4 is 9.16 Å². The number of alkyl halides is 4. The molecule has 125 valence electrons. The summed E-state index contributed by atoms with van der Waals surface area (Å²) in [5, 5.41) is 0. The molecule has 0 spiro atoms. The molecule has 22 heavy (non-hydrogen) atoms. The number of hydrogen-bond acceptors (Lipinski definition) is 2. The summed E-state index contributed by atoms with van der Waals surface area (Å²) in [4.78, 5) is 0. The summed E-state index contributed by atoms with van der Waals surface area (Å²) >= 11 is 5.38. The second kappa shape index (κ2) is 7.17. The molecule has 0 N–H and O–H groups in total. The van der Waals surface area contributed by atoms with Crippen LogP contribution in [-0.2, 0) is 5.41 Å². The fraction of sp³-hybridized carbons (Fsp3) is 0.600. The number of hydrogen-bond donors (Lipinski definition) is 0. The lowest BCUT2D eigenvalue weighted by Crippen LogP contribution is -2.23. The highest BCUT2D eigenvalue weighted by molar-refractivity contribution is 9.25. The fourth-order valence-corrected chi connectivity index (χ4v) is 3.27. The molecule has 0 amide bonds. The molecule has 0 aliphatic carbocycles. The van der Waals surface area contributed by atoms with Gasteiger partial charge in [0.25, 0.3) is 12.5 Å². The molecule has 0 bridgehead atoms. The molecular weight excluding hydrogens is 438 g/mol. The van der Waals surface area contributed by atoms with Crippen molar-refractivity contribution in [2.45, 2.75) is 48.9 Å². The molecule has 1 unspecified atom stereocenters. The van der Waals surface area contributed by atoms with Crippen molar-refractivity contribution in [3.63, 3.8) is 0 Å². The van der Waals surface area contributed by atoms with Crippen LogP contribution in [0, 0.1) is 0 Å². The SMILES string of the molecule is COc1ccc(C(F)C(F)(Br)Br)c(O[Si](C)C)c1C(C)(C)C. The van der Waals surface area contributed by atoms with Crippen LogP contribution in [0.5, 0.6) is 11.5 Å². The number of halogens is 4. The quantitative estimate of drug-likeness (QED) is 0.395. The third-order valence-electron chi connectivity index (χ3n) is 2.99. The summed E-state index contributed by atoms with van der Waals surface area (Å²) < 4.78 is 37.5. The average molecular weight is 459 g/mol. The highest BCUT2D eigenvalue weighted by atomic mass is 79.9. The number of rotatable bonds is 5. The zero-order chi connectivity index (χ0) is 17.3. The largest absolute Gasteiger partial charge is 0.542 e. The Balaban J connectivity index is 3.65. The van der Waals surface area contributed by atoms with Gasteiger partial charge in [0, 0.05) is 11.1 Å². The average Bonchev–Trinajstić information content (AvgIpc) is 2.34. The van der Waals surface area contributed by atoms with E-state index in [0.717, 1.165) is 5.56 Å². The first-order valence-corrected chi connectivity index (χ1v) is 10.8. The lowest BCUT2D eigenvalue weighted by Gasteiger charge is -2.30. The van der Waals surface area contributed by atoms with Crippen molar-refractivity contribution in [2.24, 2.45) is 0 Å². The first-order chi connectivity index (χ1) is 9.89. The Bertz CT molecular complexity index is 525. The summed E-state index contributed by atoms with van der Waals surface area (Å²) in [5.74, 6) is 0.981. The minimum absolute atomic E-state index is 0.160. The summed E-state index contributed by atoms with van der Waals surface area (Å²) in [6.45, 7) is 9.84. The van der Waals surface area contributed by atoms with Crippen LogP contribution in [-0.4, -0.2) is 19.6 Å². The Morgan fingerprint density at radius 2 is 1.73 bits per heavy atom. The predicted octanol–water partition coefficient (Wildman–Crippen LogP) is 6.05. The van der Waals surface area contributed by atoms with Gasteiger partial charge in [-0.15, -0.1) is 0 Å². The maximum Gasteiger partial charge on any atom is 0.274 e. The topological polar surface area (TPSA) is 18.5 Å². The van der Waals surface area contributed by atoms with E-state index < -0.39 is 18.7 Å². The van der Waals surface area contributed by atoms with E-state index in [2.05, 4.69) is 31.9 Å². The Labute approximate surface area is 149 Å². The summed E-state index contributed by atoms with van der Waals surface area (Å²) in [7, 11) is 0.386. The molecule has 0 heterocycles. The van der Waals surface area contributed by atoms with Gasteiger partial charge in [0.05, 0.1) is 7.11 Å². The van der Waals surface area contributed by atoms with E-state index in [1.165, 1.54) is 6.07 Å².